The molecule has 0 aliphatic carbocycles. The molecule has 0 saturated carbocycles. The van der Waals surface area contributed by atoms with Gasteiger partial charge in [0.2, 0.25) is 0 Å². The lowest BCUT2D eigenvalue weighted by Gasteiger charge is -2.21. The highest BCUT2D eigenvalue weighted by Gasteiger charge is 2.16. The summed E-state index contributed by atoms with van der Waals surface area (Å²) in [5.41, 5.74) is 1.24. The minimum absolute atomic E-state index is 0.0866. The first kappa shape index (κ1) is 13.3. The topological polar surface area (TPSA) is 60.8 Å². The SMILES string of the molecule is C=CCN(CCO)C(=O)c1ccc(O)cc1C. The number of aromatic hydroxyl groups is 1. The standard InChI is InChI=1S/C13H17NO3/c1-3-6-14(7-8-15)13(17)12-5-4-11(16)9-10(12)2/h3-5,9,15-16H,1,6-8H2,2H3. The number of phenolic OH excluding ortho intramolecular Hbond substituents is 1. The maximum Gasteiger partial charge on any atom is 0.254 e. The first-order valence-corrected chi connectivity index (χ1v) is 5.40. The molecule has 0 aliphatic heterocycles. The van der Waals surface area contributed by atoms with Crippen LogP contribution < -0.4 is 0 Å². The third kappa shape index (κ3) is 3.32. The lowest BCUT2D eigenvalue weighted by atomic mass is 10.1. The highest BCUT2D eigenvalue weighted by molar-refractivity contribution is 5.95. The molecule has 1 aromatic carbocycles. The summed E-state index contributed by atoms with van der Waals surface area (Å²) in [7, 11) is 0. The number of nitrogens with zero attached hydrogens (tertiary/aromatic N) is 1. The van der Waals surface area contributed by atoms with Crippen molar-refractivity contribution in [3.63, 3.8) is 0 Å². The van der Waals surface area contributed by atoms with Crippen molar-refractivity contribution in [3.8, 4) is 5.75 Å². The van der Waals surface area contributed by atoms with Gasteiger partial charge >= 0.3 is 0 Å². The van der Waals surface area contributed by atoms with Crippen molar-refractivity contribution in [2.24, 2.45) is 0 Å². The number of carbonyl (C=O) groups is 1. The molecule has 0 aromatic heterocycles. The summed E-state index contributed by atoms with van der Waals surface area (Å²) in [6, 6.07) is 4.60. The van der Waals surface area contributed by atoms with E-state index in [-0.39, 0.29) is 24.8 Å². The van der Waals surface area contributed by atoms with Crippen LogP contribution >= 0.6 is 0 Å². The third-order valence-electron chi connectivity index (χ3n) is 2.45. The molecule has 0 saturated heterocycles. The van der Waals surface area contributed by atoms with Crippen molar-refractivity contribution in [1.82, 2.24) is 4.90 Å². The molecular weight excluding hydrogens is 218 g/mol. The van der Waals surface area contributed by atoms with E-state index in [4.69, 9.17) is 5.11 Å². The van der Waals surface area contributed by atoms with Gasteiger partial charge in [-0.25, -0.2) is 0 Å². The van der Waals surface area contributed by atoms with Crippen LogP contribution in [0.5, 0.6) is 5.75 Å². The van der Waals surface area contributed by atoms with Crippen molar-refractivity contribution in [3.05, 3.63) is 42.0 Å². The number of hydrogen-bond donors (Lipinski definition) is 2. The van der Waals surface area contributed by atoms with Gasteiger partial charge in [0.25, 0.3) is 5.91 Å². The highest BCUT2D eigenvalue weighted by Crippen LogP contribution is 2.17. The van der Waals surface area contributed by atoms with Gasteiger partial charge < -0.3 is 15.1 Å². The van der Waals surface area contributed by atoms with Crippen LogP contribution in [-0.2, 0) is 0 Å². The molecule has 4 heteroatoms. The Hall–Kier alpha value is -1.81. The largest absolute Gasteiger partial charge is 0.508 e. The van der Waals surface area contributed by atoms with Crippen LogP contribution in [0.3, 0.4) is 0 Å². The molecule has 0 heterocycles. The normalized spacial score (nSPS) is 10.0. The number of aliphatic hydroxyl groups excluding tert-OH is 1. The average molecular weight is 235 g/mol. The predicted octanol–water partition coefficient (Wildman–Crippen LogP) is 1.32. The van der Waals surface area contributed by atoms with Crippen LogP contribution in [0.15, 0.2) is 30.9 Å². The van der Waals surface area contributed by atoms with Crippen LogP contribution in [0.1, 0.15) is 15.9 Å². The van der Waals surface area contributed by atoms with Crippen LogP contribution in [0.25, 0.3) is 0 Å². The molecule has 0 unspecified atom stereocenters. The van der Waals surface area contributed by atoms with E-state index >= 15 is 0 Å². The molecule has 1 aromatic rings. The van der Waals surface area contributed by atoms with Crippen LogP contribution in [0, 0.1) is 6.92 Å². The van der Waals surface area contributed by atoms with Gasteiger partial charge in [0, 0.05) is 18.7 Å². The molecule has 0 fully saturated rings. The third-order valence-corrected chi connectivity index (χ3v) is 2.45. The smallest absolute Gasteiger partial charge is 0.254 e. The Balaban J connectivity index is 2.96. The van der Waals surface area contributed by atoms with Crippen molar-refractivity contribution in [2.75, 3.05) is 19.7 Å². The van der Waals surface area contributed by atoms with E-state index in [9.17, 15) is 9.90 Å². The fourth-order valence-electron chi connectivity index (χ4n) is 1.61. The van der Waals surface area contributed by atoms with E-state index in [1.807, 2.05) is 0 Å². The summed E-state index contributed by atoms with van der Waals surface area (Å²) < 4.78 is 0. The quantitative estimate of drug-likeness (QED) is 0.757. The highest BCUT2D eigenvalue weighted by atomic mass is 16.3. The fourth-order valence-corrected chi connectivity index (χ4v) is 1.61. The van der Waals surface area contributed by atoms with Crippen molar-refractivity contribution in [1.29, 1.82) is 0 Å². The van der Waals surface area contributed by atoms with Gasteiger partial charge in [-0.2, -0.15) is 0 Å². The Kier molecular flexibility index (Phi) is 4.72. The second kappa shape index (κ2) is 6.06. The zero-order valence-corrected chi connectivity index (χ0v) is 9.89. The Morgan fingerprint density at radius 2 is 2.24 bits per heavy atom. The van der Waals surface area contributed by atoms with E-state index in [0.29, 0.717) is 17.7 Å². The van der Waals surface area contributed by atoms with Crippen molar-refractivity contribution >= 4 is 5.91 Å². The Morgan fingerprint density at radius 3 is 2.76 bits per heavy atom. The molecule has 4 nitrogen and oxygen atoms in total. The minimum Gasteiger partial charge on any atom is -0.508 e. The van der Waals surface area contributed by atoms with E-state index < -0.39 is 0 Å². The number of aryl methyl sites for hydroxylation is 1. The number of carbonyl (C=O) groups excluding carboxylic acids is 1. The van der Waals surface area contributed by atoms with Gasteiger partial charge in [-0.05, 0) is 30.7 Å². The molecule has 17 heavy (non-hydrogen) atoms. The lowest BCUT2D eigenvalue weighted by molar-refractivity contribution is 0.0742. The average Bonchev–Trinajstić information content (AvgIpc) is 2.28. The maximum absolute atomic E-state index is 12.1. The van der Waals surface area contributed by atoms with Gasteiger partial charge in [-0.1, -0.05) is 6.08 Å². The van der Waals surface area contributed by atoms with Crippen LogP contribution in [0.2, 0.25) is 0 Å². The molecule has 0 aliphatic rings. The molecule has 0 spiro atoms. The monoisotopic (exact) mass is 235 g/mol. The molecule has 2 N–H and O–H groups in total. The summed E-state index contributed by atoms with van der Waals surface area (Å²) in [5, 5.41) is 18.2. The summed E-state index contributed by atoms with van der Waals surface area (Å²) >= 11 is 0. The number of aliphatic hydroxyl groups is 1. The molecule has 92 valence electrons. The van der Waals surface area contributed by atoms with E-state index in [1.54, 1.807) is 19.1 Å². The Bertz CT molecular complexity index is 415. The molecule has 1 amide bonds. The number of rotatable bonds is 5. The molecule has 1 rings (SSSR count). The van der Waals surface area contributed by atoms with Gasteiger partial charge in [-0.3, -0.25) is 4.79 Å². The van der Waals surface area contributed by atoms with Crippen LogP contribution in [-0.4, -0.2) is 40.7 Å². The van der Waals surface area contributed by atoms with E-state index in [2.05, 4.69) is 6.58 Å². The molecule has 0 radical (unpaired) electrons. The molecular formula is C13H17NO3. The Labute approximate surface area is 101 Å². The van der Waals surface area contributed by atoms with Gasteiger partial charge in [0.1, 0.15) is 5.75 Å². The number of benzene rings is 1. The van der Waals surface area contributed by atoms with Crippen LogP contribution in [0.4, 0.5) is 0 Å². The number of phenols is 1. The second-order valence-corrected chi connectivity index (χ2v) is 3.76. The predicted molar refractivity (Wildman–Crippen MR) is 66.0 cm³/mol. The summed E-state index contributed by atoms with van der Waals surface area (Å²) in [6.07, 6.45) is 1.61. The van der Waals surface area contributed by atoms with E-state index in [1.165, 1.54) is 17.0 Å². The Morgan fingerprint density at radius 1 is 1.53 bits per heavy atom. The maximum atomic E-state index is 12.1. The zero-order valence-electron chi connectivity index (χ0n) is 9.89. The minimum atomic E-state index is -0.170. The zero-order chi connectivity index (χ0) is 12.8. The molecule has 0 atom stereocenters. The van der Waals surface area contributed by atoms with Gasteiger partial charge in [0.05, 0.1) is 6.61 Å². The van der Waals surface area contributed by atoms with Gasteiger partial charge in [-0.15, -0.1) is 6.58 Å². The number of hydrogen-bond acceptors (Lipinski definition) is 3. The van der Waals surface area contributed by atoms with Gasteiger partial charge in [0.15, 0.2) is 0 Å². The lowest BCUT2D eigenvalue weighted by Crippen LogP contribution is -2.34. The van der Waals surface area contributed by atoms with Crippen molar-refractivity contribution in [2.45, 2.75) is 6.92 Å². The summed E-state index contributed by atoms with van der Waals surface area (Å²) in [4.78, 5) is 13.6. The summed E-state index contributed by atoms with van der Waals surface area (Å²) in [5.74, 6) is -0.0343. The second-order valence-electron chi connectivity index (χ2n) is 3.76. The van der Waals surface area contributed by atoms with Crippen molar-refractivity contribution < 1.29 is 15.0 Å². The summed E-state index contributed by atoms with van der Waals surface area (Å²) in [6.45, 7) is 5.91. The number of amides is 1. The fraction of sp³-hybridized carbons (Fsp3) is 0.308. The molecule has 0 bridgehead atoms. The first-order chi connectivity index (χ1) is 8.10. The first-order valence-electron chi connectivity index (χ1n) is 5.40. The van der Waals surface area contributed by atoms with E-state index in [0.717, 1.165) is 0 Å².